The number of rotatable bonds is 42. The Labute approximate surface area is 333 Å². The second-order valence-corrected chi connectivity index (χ2v) is 18.0. The molecule has 0 aromatic rings. The molecular formula is C50H107N2+. The highest BCUT2D eigenvalue weighted by atomic mass is 15.3. The summed E-state index contributed by atoms with van der Waals surface area (Å²) in [4.78, 5) is 0. The summed E-state index contributed by atoms with van der Waals surface area (Å²) >= 11 is 0. The van der Waals surface area contributed by atoms with Gasteiger partial charge in [0.25, 0.3) is 0 Å². The third-order valence-corrected chi connectivity index (χ3v) is 12.2. The molecule has 0 aromatic heterocycles. The summed E-state index contributed by atoms with van der Waals surface area (Å²) in [7, 11) is 2.56. The Balaban J connectivity index is 0. The van der Waals surface area contributed by atoms with Crippen LogP contribution < -0.4 is 5.73 Å². The van der Waals surface area contributed by atoms with Gasteiger partial charge in [-0.05, 0) is 57.8 Å². The summed E-state index contributed by atoms with van der Waals surface area (Å²) in [5.74, 6) is 0. The fourth-order valence-electron chi connectivity index (χ4n) is 8.30. The van der Waals surface area contributed by atoms with Gasteiger partial charge < -0.3 is 10.2 Å². The minimum absolute atomic E-state index is 0.139. The second-order valence-electron chi connectivity index (χ2n) is 18.0. The molecule has 0 atom stereocenters. The van der Waals surface area contributed by atoms with Crippen LogP contribution in [0.5, 0.6) is 0 Å². The highest BCUT2D eigenvalue weighted by Gasteiger charge is 2.23. The zero-order valence-electron chi connectivity index (χ0n) is 38.2. The number of unbranched alkanes of at least 4 members (excludes halogenated alkanes) is 30. The molecule has 0 fully saturated rings. The van der Waals surface area contributed by atoms with Crippen molar-refractivity contribution in [1.29, 1.82) is 0 Å². The molecule has 0 aromatic carbocycles. The quantitative estimate of drug-likeness (QED) is 0.0490. The SMILES string of the molecule is CCCCCCCCC(N)(CCCCCCCC)CCCCCCCC.CCCCCCCC[N+](C)(CCCCCCCC)CCCCCCCC. The maximum absolute atomic E-state index is 6.92. The molecule has 52 heavy (non-hydrogen) atoms. The van der Waals surface area contributed by atoms with Crippen molar-refractivity contribution in [3.05, 3.63) is 0 Å². The number of nitrogens with zero attached hydrogens (tertiary/aromatic N) is 1. The van der Waals surface area contributed by atoms with E-state index in [1.54, 1.807) is 0 Å². The molecule has 0 rings (SSSR count). The molecule has 316 valence electrons. The van der Waals surface area contributed by atoms with E-state index in [-0.39, 0.29) is 5.54 Å². The van der Waals surface area contributed by atoms with E-state index in [4.69, 9.17) is 5.73 Å². The van der Waals surface area contributed by atoms with Gasteiger partial charge >= 0.3 is 0 Å². The molecule has 0 saturated heterocycles. The van der Waals surface area contributed by atoms with Crippen LogP contribution in [0.25, 0.3) is 0 Å². The van der Waals surface area contributed by atoms with Gasteiger partial charge in [0.2, 0.25) is 0 Å². The fourth-order valence-corrected chi connectivity index (χ4v) is 8.30. The summed E-state index contributed by atoms with van der Waals surface area (Å²) in [5, 5.41) is 0. The molecule has 0 aliphatic carbocycles. The summed E-state index contributed by atoms with van der Waals surface area (Å²) in [6.07, 6.45) is 54.7. The molecule has 2 nitrogen and oxygen atoms in total. The Kier molecular flexibility index (Phi) is 45.3. The maximum Gasteiger partial charge on any atom is 0.0784 e. The van der Waals surface area contributed by atoms with Crippen LogP contribution in [0.2, 0.25) is 0 Å². The molecule has 0 heterocycles. The van der Waals surface area contributed by atoms with Crippen molar-refractivity contribution >= 4 is 0 Å². The predicted octanol–water partition coefficient (Wildman–Crippen LogP) is 17.5. The number of hydrogen-bond donors (Lipinski definition) is 1. The van der Waals surface area contributed by atoms with Crippen LogP contribution in [0.4, 0.5) is 0 Å². The molecule has 0 aliphatic heterocycles. The van der Waals surface area contributed by atoms with Crippen LogP contribution in [-0.2, 0) is 0 Å². The Morgan fingerprint density at radius 3 is 0.654 bits per heavy atom. The van der Waals surface area contributed by atoms with Gasteiger partial charge in [-0.15, -0.1) is 0 Å². The molecule has 0 aliphatic rings. The van der Waals surface area contributed by atoms with Crippen molar-refractivity contribution in [3.8, 4) is 0 Å². The average Bonchev–Trinajstić information content (AvgIpc) is 3.14. The number of nitrogens with two attached hydrogens (primary N) is 1. The van der Waals surface area contributed by atoms with Crippen molar-refractivity contribution < 1.29 is 4.48 Å². The molecule has 0 spiro atoms. The predicted molar refractivity (Wildman–Crippen MR) is 242 cm³/mol. The molecule has 0 amide bonds. The Morgan fingerprint density at radius 1 is 0.269 bits per heavy atom. The second kappa shape index (κ2) is 43.6. The van der Waals surface area contributed by atoms with Crippen molar-refractivity contribution in [1.82, 2.24) is 0 Å². The first-order valence-electron chi connectivity index (χ1n) is 25.0. The Bertz CT molecular complexity index is 494. The van der Waals surface area contributed by atoms with Crippen LogP contribution in [0.3, 0.4) is 0 Å². The molecule has 0 unspecified atom stereocenters. The third-order valence-electron chi connectivity index (χ3n) is 12.2. The van der Waals surface area contributed by atoms with E-state index < -0.39 is 0 Å². The molecular weight excluding hydrogens is 629 g/mol. The van der Waals surface area contributed by atoms with Crippen molar-refractivity contribution in [2.24, 2.45) is 5.73 Å². The van der Waals surface area contributed by atoms with Gasteiger partial charge in [0.05, 0.1) is 26.7 Å². The molecule has 0 radical (unpaired) electrons. The van der Waals surface area contributed by atoms with Crippen LogP contribution >= 0.6 is 0 Å². The van der Waals surface area contributed by atoms with Crippen LogP contribution in [0, 0.1) is 0 Å². The minimum atomic E-state index is 0.139. The minimum Gasteiger partial charge on any atom is -0.326 e. The highest BCUT2D eigenvalue weighted by molar-refractivity contribution is 4.84. The smallest absolute Gasteiger partial charge is 0.0784 e. The first-order chi connectivity index (χ1) is 25.4. The van der Waals surface area contributed by atoms with Crippen LogP contribution in [0.1, 0.15) is 292 Å². The molecule has 0 saturated carbocycles. The molecule has 0 bridgehead atoms. The van der Waals surface area contributed by atoms with Gasteiger partial charge in [-0.2, -0.15) is 0 Å². The van der Waals surface area contributed by atoms with E-state index in [1.165, 1.54) is 275 Å². The van der Waals surface area contributed by atoms with Gasteiger partial charge in [-0.25, -0.2) is 0 Å². The fraction of sp³-hybridized carbons (Fsp3) is 1.00. The Morgan fingerprint density at radius 2 is 0.442 bits per heavy atom. The van der Waals surface area contributed by atoms with Gasteiger partial charge in [0.15, 0.2) is 0 Å². The lowest BCUT2D eigenvalue weighted by Crippen LogP contribution is -2.46. The normalized spacial score (nSPS) is 12.0. The number of quaternary nitrogens is 1. The summed E-state index contributed by atoms with van der Waals surface area (Å²) < 4.78 is 1.36. The van der Waals surface area contributed by atoms with Gasteiger partial charge in [0, 0.05) is 5.54 Å². The summed E-state index contributed by atoms with van der Waals surface area (Å²) in [6.45, 7) is 18.1. The van der Waals surface area contributed by atoms with Crippen molar-refractivity contribution in [3.63, 3.8) is 0 Å². The van der Waals surface area contributed by atoms with E-state index in [0.717, 1.165) is 0 Å². The lowest BCUT2D eigenvalue weighted by Gasteiger charge is -2.35. The summed E-state index contributed by atoms with van der Waals surface area (Å²) in [5.41, 5.74) is 7.06. The zero-order valence-corrected chi connectivity index (χ0v) is 38.2. The summed E-state index contributed by atoms with van der Waals surface area (Å²) in [6, 6.07) is 0. The first-order valence-corrected chi connectivity index (χ1v) is 25.0. The van der Waals surface area contributed by atoms with Gasteiger partial charge in [-0.3, -0.25) is 0 Å². The lowest BCUT2D eigenvalue weighted by atomic mass is 9.82. The third kappa shape index (κ3) is 41.1. The number of hydrogen-bond acceptors (Lipinski definition) is 1. The zero-order chi connectivity index (χ0) is 38.7. The van der Waals surface area contributed by atoms with Crippen molar-refractivity contribution in [2.75, 3.05) is 26.7 Å². The van der Waals surface area contributed by atoms with E-state index in [9.17, 15) is 0 Å². The topological polar surface area (TPSA) is 26.0 Å². The highest BCUT2D eigenvalue weighted by Crippen LogP contribution is 2.27. The monoisotopic (exact) mass is 736 g/mol. The first kappa shape index (κ1) is 54.0. The van der Waals surface area contributed by atoms with E-state index >= 15 is 0 Å². The molecule has 2 N–H and O–H groups in total. The van der Waals surface area contributed by atoms with Gasteiger partial charge in [-0.1, -0.05) is 234 Å². The van der Waals surface area contributed by atoms with Crippen LogP contribution in [-0.4, -0.2) is 36.7 Å². The largest absolute Gasteiger partial charge is 0.326 e. The average molecular weight is 736 g/mol. The van der Waals surface area contributed by atoms with Crippen molar-refractivity contribution in [2.45, 2.75) is 297 Å². The van der Waals surface area contributed by atoms with E-state index in [0.29, 0.717) is 0 Å². The lowest BCUT2D eigenvalue weighted by molar-refractivity contribution is -0.910. The van der Waals surface area contributed by atoms with E-state index in [1.807, 2.05) is 0 Å². The van der Waals surface area contributed by atoms with E-state index in [2.05, 4.69) is 48.6 Å². The van der Waals surface area contributed by atoms with Crippen LogP contribution in [0.15, 0.2) is 0 Å². The molecule has 2 heteroatoms. The maximum atomic E-state index is 6.92. The Hall–Kier alpha value is -0.0800. The van der Waals surface area contributed by atoms with Gasteiger partial charge in [0.1, 0.15) is 0 Å². The standard InChI is InChI=1S/C25H54N.C25H53N/c1-5-8-11-14-17-20-23-26(4,24-21-18-15-12-9-6-2)25-22-19-16-13-10-7-3;1-4-7-10-13-16-19-22-25(26,23-20-17-14-11-8-5-2)24-21-18-15-12-9-6-3/h5-25H2,1-4H3;4-24,26H2,1-3H3/q+1;.